The van der Waals surface area contributed by atoms with Gasteiger partial charge < -0.3 is 28.5 Å². The van der Waals surface area contributed by atoms with E-state index in [-0.39, 0.29) is 25.0 Å². The summed E-state index contributed by atoms with van der Waals surface area (Å²) >= 11 is 0. The van der Waals surface area contributed by atoms with Gasteiger partial charge in [-0.05, 0) is 52.2 Å². The lowest BCUT2D eigenvalue weighted by Gasteiger charge is -2.35. The first-order chi connectivity index (χ1) is 17.6. The number of ether oxygens (including phenoxy) is 4. The second kappa shape index (κ2) is 8.20. The van der Waals surface area contributed by atoms with Gasteiger partial charge in [0, 0.05) is 29.5 Å². The Morgan fingerprint density at radius 2 is 2.03 bits per heavy atom. The van der Waals surface area contributed by atoms with Crippen molar-refractivity contribution in [2.75, 3.05) is 6.61 Å². The molecular formula is C29H24O7. The lowest BCUT2D eigenvalue weighted by molar-refractivity contribution is -0.159. The Morgan fingerprint density at radius 3 is 2.89 bits per heavy atom. The van der Waals surface area contributed by atoms with Crippen molar-refractivity contribution >= 4 is 16.7 Å². The van der Waals surface area contributed by atoms with Crippen LogP contribution in [0.4, 0.5) is 0 Å². The van der Waals surface area contributed by atoms with Crippen molar-refractivity contribution in [3.63, 3.8) is 0 Å². The van der Waals surface area contributed by atoms with Crippen molar-refractivity contribution in [3.05, 3.63) is 89.4 Å². The predicted octanol–water partition coefficient (Wildman–Crippen LogP) is 5.07. The summed E-state index contributed by atoms with van der Waals surface area (Å²) < 4.78 is 28.2. The number of cyclic esters (lactones) is 1. The first kappa shape index (κ1) is 21.6. The smallest absolute Gasteiger partial charge is 0.338 e. The Balaban J connectivity index is 1.18. The van der Waals surface area contributed by atoms with Crippen molar-refractivity contribution in [1.82, 2.24) is 0 Å². The molecule has 1 N–H and O–H groups in total. The third-order valence-electron chi connectivity index (χ3n) is 7.35. The van der Waals surface area contributed by atoms with Gasteiger partial charge in [0.1, 0.15) is 19.0 Å². The summed E-state index contributed by atoms with van der Waals surface area (Å²) in [5, 5.41) is 13.2. The molecule has 7 heteroatoms. The van der Waals surface area contributed by atoms with Gasteiger partial charge in [-0.2, -0.15) is 0 Å². The van der Waals surface area contributed by atoms with E-state index in [2.05, 4.69) is 0 Å². The van der Waals surface area contributed by atoms with Crippen LogP contribution in [0.5, 0.6) is 5.75 Å². The number of hydrogen-bond acceptors (Lipinski definition) is 7. The fourth-order valence-corrected chi connectivity index (χ4v) is 5.60. The largest absolute Gasteiger partial charge is 0.489 e. The first-order valence-corrected chi connectivity index (χ1v) is 12.1. The van der Waals surface area contributed by atoms with Gasteiger partial charge in [-0.15, -0.1) is 0 Å². The standard InChI is InChI=1S/C29H24O7/c30-28-24-9-18-4-5-21(10-23(18)27(25(24)16-35-28)19-6-7-32-14-19)33-13-17-2-1-3-20(8-17)29(31)11-22-15-34-26(12-29)36-22/h1-10,14,22,26,31H,11-13,15-16H2/t22-,26+,29-/m1/s1. The van der Waals surface area contributed by atoms with Gasteiger partial charge in [0.15, 0.2) is 6.29 Å². The van der Waals surface area contributed by atoms with Crippen LogP contribution in [0.1, 0.15) is 39.9 Å². The molecule has 4 heterocycles. The predicted molar refractivity (Wildman–Crippen MR) is 129 cm³/mol. The van der Waals surface area contributed by atoms with E-state index in [1.807, 2.05) is 54.6 Å². The number of aliphatic hydroxyl groups is 1. The van der Waals surface area contributed by atoms with E-state index in [1.54, 1.807) is 12.5 Å². The van der Waals surface area contributed by atoms with E-state index in [4.69, 9.17) is 23.4 Å². The molecule has 0 amide bonds. The van der Waals surface area contributed by atoms with Crippen LogP contribution in [0, 0.1) is 0 Å². The molecule has 1 aromatic heterocycles. The highest BCUT2D eigenvalue weighted by atomic mass is 16.7. The zero-order valence-corrected chi connectivity index (χ0v) is 19.4. The lowest BCUT2D eigenvalue weighted by Crippen LogP contribution is -2.39. The first-order valence-electron chi connectivity index (χ1n) is 12.1. The monoisotopic (exact) mass is 484 g/mol. The molecule has 3 aromatic carbocycles. The van der Waals surface area contributed by atoms with Gasteiger partial charge in [0.05, 0.1) is 36.4 Å². The van der Waals surface area contributed by atoms with Crippen molar-refractivity contribution in [2.45, 2.75) is 44.1 Å². The summed E-state index contributed by atoms with van der Waals surface area (Å²) in [6.45, 7) is 1.12. The summed E-state index contributed by atoms with van der Waals surface area (Å²) in [4.78, 5) is 12.3. The van der Waals surface area contributed by atoms with E-state index < -0.39 is 5.60 Å². The van der Waals surface area contributed by atoms with Crippen LogP contribution in [-0.2, 0) is 33.0 Å². The molecule has 3 atom stereocenters. The van der Waals surface area contributed by atoms with Crippen LogP contribution in [0.15, 0.2) is 71.5 Å². The normalized spacial score (nSPS) is 24.6. The highest BCUT2D eigenvalue weighted by Gasteiger charge is 2.45. The molecule has 7 rings (SSSR count). The highest BCUT2D eigenvalue weighted by Crippen LogP contribution is 2.42. The number of hydrogen-bond donors (Lipinski definition) is 1. The molecule has 3 aliphatic heterocycles. The van der Waals surface area contributed by atoms with Gasteiger partial charge in [0.2, 0.25) is 0 Å². The molecule has 2 fully saturated rings. The van der Waals surface area contributed by atoms with Gasteiger partial charge in [-0.3, -0.25) is 0 Å². The minimum absolute atomic E-state index is 0.0715. The molecule has 0 aliphatic carbocycles. The summed E-state index contributed by atoms with van der Waals surface area (Å²) in [6.07, 6.45) is 3.82. The van der Waals surface area contributed by atoms with E-state index in [9.17, 15) is 9.90 Å². The maximum Gasteiger partial charge on any atom is 0.338 e. The second-order valence-electron chi connectivity index (χ2n) is 9.70. The van der Waals surface area contributed by atoms with Crippen LogP contribution in [0.3, 0.4) is 0 Å². The molecule has 2 saturated heterocycles. The summed E-state index contributed by atoms with van der Waals surface area (Å²) in [5.74, 6) is 0.404. The average Bonchev–Trinajstić information content (AvgIpc) is 3.63. The van der Waals surface area contributed by atoms with Crippen LogP contribution in [-0.4, -0.2) is 30.1 Å². The van der Waals surface area contributed by atoms with E-state index in [1.165, 1.54) is 0 Å². The number of rotatable bonds is 5. The molecule has 4 aromatic rings. The molecule has 3 aliphatic rings. The van der Waals surface area contributed by atoms with E-state index in [0.29, 0.717) is 37.4 Å². The molecule has 2 bridgehead atoms. The fraction of sp³-hybridized carbons (Fsp3) is 0.276. The Labute approximate surface area is 207 Å². The topological polar surface area (TPSA) is 87.4 Å². The molecule has 0 saturated carbocycles. The Hall–Kier alpha value is -3.65. The van der Waals surface area contributed by atoms with E-state index >= 15 is 0 Å². The zero-order valence-electron chi connectivity index (χ0n) is 19.4. The van der Waals surface area contributed by atoms with Gasteiger partial charge >= 0.3 is 5.97 Å². The van der Waals surface area contributed by atoms with Crippen LogP contribution < -0.4 is 4.74 Å². The molecule has 36 heavy (non-hydrogen) atoms. The summed E-state index contributed by atoms with van der Waals surface area (Å²) in [7, 11) is 0. The molecule has 0 radical (unpaired) electrons. The number of furan rings is 1. The summed E-state index contributed by atoms with van der Waals surface area (Å²) in [6, 6.07) is 17.5. The molecule has 0 spiro atoms. The molecular weight excluding hydrogens is 460 g/mol. The average molecular weight is 485 g/mol. The van der Waals surface area contributed by atoms with E-state index in [0.717, 1.165) is 38.6 Å². The quantitative estimate of drug-likeness (QED) is 0.396. The zero-order chi connectivity index (χ0) is 24.3. The van der Waals surface area contributed by atoms with Crippen molar-refractivity contribution in [1.29, 1.82) is 0 Å². The maximum absolute atomic E-state index is 12.3. The van der Waals surface area contributed by atoms with Crippen LogP contribution in [0.25, 0.3) is 21.9 Å². The lowest BCUT2D eigenvalue weighted by atomic mass is 9.83. The minimum Gasteiger partial charge on any atom is -0.489 e. The number of carbonyl (C=O) groups excluding carboxylic acids is 1. The van der Waals surface area contributed by atoms with Gasteiger partial charge in [-0.1, -0.05) is 24.3 Å². The van der Waals surface area contributed by atoms with Gasteiger partial charge in [-0.25, -0.2) is 4.79 Å². The molecule has 182 valence electrons. The third-order valence-corrected chi connectivity index (χ3v) is 7.35. The summed E-state index contributed by atoms with van der Waals surface area (Å²) in [5.41, 5.74) is 4.12. The number of esters is 1. The Bertz CT molecular complexity index is 1460. The fourth-order valence-electron chi connectivity index (χ4n) is 5.60. The molecule has 7 nitrogen and oxygen atoms in total. The second-order valence-corrected chi connectivity index (χ2v) is 9.70. The number of fused-ring (bicyclic) bond motifs is 4. The highest BCUT2D eigenvalue weighted by molar-refractivity contribution is 6.07. The van der Waals surface area contributed by atoms with Crippen molar-refractivity contribution in [3.8, 4) is 16.9 Å². The number of carbonyl (C=O) groups is 1. The SMILES string of the molecule is O=C1OCc2c1cc1ccc(OCc3cccc([C@@]4(O)C[C@@H]5CO[C@H](C4)O5)c3)cc1c2-c1ccoc1. The van der Waals surface area contributed by atoms with Crippen molar-refractivity contribution in [2.24, 2.45) is 0 Å². The maximum atomic E-state index is 12.3. The Kier molecular flexibility index (Phi) is 4.92. The van der Waals surface area contributed by atoms with Gasteiger partial charge in [0.25, 0.3) is 0 Å². The minimum atomic E-state index is -0.970. The van der Waals surface area contributed by atoms with Crippen LogP contribution >= 0.6 is 0 Å². The van der Waals surface area contributed by atoms with Crippen molar-refractivity contribution < 1.29 is 33.3 Å². The van der Waals surface area contributed by atoms with Crippen LogP contribution in [0.2, 0.25) is 0 Å². The third kappa shape index (κ3) is 3.59. The Morgan fingerprint density at radius 1 is 1.08 bits per heavy atom. The molecule has 0 unspecified atom stereocenters. The number of benzene rings is 3.